The number of nitrogens with one attached hydrogen (secondary N) is 2. The van der Waals surface area contributed by atoms with Crippen molar-refractivity contribution in [3.63, 3.8) is 0 Å². The fraction of sp³-hybridized carbons (Fsp3) is 0.217. The molecule has 9 nitrogen and oxygen atoms in total. The zero-order valence-corrected chi connectivity index (χ0v) is 19.6. The molecular formula is C23H24N6O3S. The number of hydrogen-bond donors (Lipinski definition) is 2. The second kappa shape index (κ2) is 8.99. The molecule has 2 heterocycles. The predicted octanol–water partition coefficient (Wildman–Crippen LogP) is 3.33. The van der Waals surface area contributed by atoms with Crippen molar-refractivity contribution in [3.05, 3.63) is 74.9 Å². The molecule has 0 aliphatic heterocycles. The minimum absolute atomic E-state index is 0.312. The number of urea groups is 1. The predicted molar refractivity (Wildman–Crippen MR) is 130 cm³/mol. The Morgan fingerprint density at radius 3 is 2.33 bits per heavy atom. The number of fused-ring (bicyclic) bond motifs is 1. The van der Waals surface area contributed by atoms with Crippen LogP contribution >= 0.6 is 11.8 Å². The van der Waals surface area contributed by atoms with Crippen LogP contribution in [-0.2, 0) is 27.6 Å². The first kappa shape index (κ1) is 22.4. The average molecular weight is 465 g/mol. The molecule has 2 amide bonds. The van der Waals surface area contributed by atoms with Crippen molar-refractivity contribution in [2.24, 2.45) is 21.1 Å². The first-order valence-corrected chi connectivity index (χ1v) is 11.2. The van der Waals surface area contributed by atoms with Gasteiger partial charge in [0, 0.05) is 31.7 Å². The Bertz CT molecular complexity index is 1470. The van der Waals surface area contributed by atoms with E-state index >= 15 is 0 Å². The first-order valence-electron chi connectivity index (χ1n) is 10.4. The Balaban J connectivity index is 1.61. The van der Waals surface area contributed by atoms with Crippen LogP contribution < -0.4 is 21.9 Å². The summed E-state index contributed by atoms with van der Waals surface area (Å²) in [7, 11) is 4.75. The SMILES string of the molecule is CCc1ccc(NC(=O)Nc2ccccc2Sc2nc3c(c(=O)n(C)c(=O)n3C)n2C)cc1. The molecule has 0 unspecified atom stereocenters. The molecule has 0 bridgehead atoms. The van der Waals surface area contributed by atoms with Gasteiger partial charge in [0.15, 0.2) is 16.3 Å². The highest BCUT2D eigenvalue weighted by Crippen LogP contribution is 2.33. The summed E-state index contributed by atoms with van der Waals surface area (Å²) in [6.45, 7) is 2.08. The van der Waals surface area contributed by atoms with Crippen molar-refractivity contribution in [1.29, 1.82) is 0 Å². The number of imidazole rings is 1. The maximum Gasteiger partial charge on any atom is 0.332 e. The van der Waals surface area contributed by atoms with E-state index in [-0.39, 0.29) is 6.03 Å². The summed E-state index contributed by atoms with van der Waals surface area (Å²) in [5.74, 6) is 0. The number of carbonyl (C=O) groups is 1. The van der Waals surface area contributed by atoms with Gasteiger partial charge in [-0.05, 0) is 48.0 Å². The second-order valence-electron chi connectivity index (χ2n) is 7.56. The lowest BCUT2D eigenvalue weighted by molar-refractivity contribution is 0.262. The van der Waals surface area contributed by atoms with Gasteiger partial charge in [0.2, 0.25) is 0 Å². The highest BCUT2D eigenvalue weighted by atomic mass is 32.2. The third-order valence-electron chi connectivity index (χ3n) is 5.39. The third-order valence-corrected chi connectivity index (χ3v) is 6.51. The monoisotopic (exact) mass is 464 g/mol. The normalized spacial score (nSPS) is 11.0. The number of nitrogens with zero attached hydrogens (tertiary/aromatic N) is 4. The highest BCUT2D eigenvalue weighted by molar-refractivity contribution is 7.99. The summed E-state index contributed by atoms with van der Waals surface area (Å²) in [5, 5.41) is 6.23. The Morgan fingerprint density at radius 1 is 0.939 bits per heavy atom. The molecular weight excluding hydrogens is 440 g/mol. The Labute approximate surface area is 194 Å². The van der Waals surface area contributed by atoms with Crippen molar-refractivity contribution in [2.75, 3.05) is 10.6 Å². The third kappa shape index (κ3) is 4.29. The quantitative estimate of drug-likeness (QED) is 0.472. The summed E-state index contributed by atoms with van der Waals surface area (Å²) >= 11 is 1.29. The molecule has 0 aliphatic carbocycles. The van der Waals surface area contributed by atoms with Gasteiger partial charge in [0.05, 0.1) is 5.69 Å². The van der Waals surface area contributed by atoms with Crippen molar-refractivity contribution in [1.82, 2.24) is 18.7 Å². The van der Waals surface area contributed by atoms with Gasteiger partial charge in [-0.1, -0.05) is 31.2 Å². The summed E-state index contributed by atoms with van der Waals surface area (Å²) < 4.78 is 4.07. The van der Waals surface area contributed by atoms with E-state index in [9.17, 15) is 14.4 Å². The molecule has 0 atom stereocenters. The molecule has 2 aromatic heterocycles. The van der Waals surface area contributed by atoms with E-state index < -0.39 is 11.2 Å². The van der Waals surface area contributed by atoms with Gasteiger partial charge in [-0.2, -0.15) is 0 Å². The van der Waals surface area contributed by atoms with Crippen LogP contribution in [-0.4, -0.2) is 24.7 Å². The number of hydrogen-bond acceptors (Lipinski definition) is 5. The van der Waals surface area contributed by atoms with Crippen molar-refractivity contribution >= 4 is 40.3 Å². The summed E-state index contributed by atoms with van der Waals surface area (Å²) in [6, 6.07) is 14.6. The molecule has 10 heteroatoms. The zero-order chi connectivity index (χ0) is 23.7. The molecule has 2 aromatic carbocycles. The van der Waals surface area contributed by atoms with Gasteiger partial charge in [-0.3, -0.25) is 13.9 Å². The number of aryl methyl sites for hydroxylation is 3. The number of amides is 2. The molecule has 4 aromatic rings. The van der Waals surface area contributed by atoms with Gasteiger partial charge >= 0.3 is 11.7 Å². The largest absolute Gasteiger partial charge is 0.332 e. The standard InChI is InChI=1S/C23H24N6O3S/c1-5-14-10-12-15(13-11-14)24-21(31)25-16-8-6-7-9-17(16)33-22-26-19-18(27(22)2)20(30)29(4)23(32)28(19)3/h6-13H,5H2,1-4H3,(H2,24,25,31). The van der Waals surface area contributed by atoms with Crippen molar-refractivity contribution in [2.45, 2.75) is 23.4 Å². The van der Waals surface area contributed by atoms with Crippen LogP contribution in [0, 0.1) is 0 Å². The number of carbonyl (C=O) groups excluding carboxylic acids is 1. The smallest absolute Gasteiger partial charge is 0.316 e. The van der Waals surface area contributed by atoms with E-state index in [4.69, 9.17) is 0 Å². The van der Waals surface area contributed by atoms with Gasteiger partial charge in [0.25, 0.3) is 5.56 Å². The van der Waals surface area contributed by atoms with Gasteiger partial charge in [-0.25, -0.2) is 14.6 Å². The molecule has 0 fully saturated rings. The van der Waals surface area contributed by atoms with E-state index in [0.29, 0.717) is 27.7 Å². The lowest BCUT2D eigenvalue weighted by atomic mass is 10.1. The average Bonchev–Trinajstić information content (AvgIpc) is 3.14. The summed E-state index contributed by atoms with van der Waals surface area (Å²) in [5.41, 5.74) is 2.29. The number of rotatable bonds is 5. The van der Waals surface area contributed by atoms with Gasteiger partial charge < -0.3 is 15.2 Å². The van der Waals surface area contributed by atoms with Crippen LogP contribution in [0.5, 0.6) is 0 Å². The minimum Gasteiger partial charge on any atom is -0.316 e. The lowest BCUT2D eigenvalue weighted by Crippen LogP contribution is -2.37. The van der Waals surface area contributed by atoms with Crippen LogP contribution in [0.2, 0.25) is 0 Å². The molecule has 33 heavy (non-hydrogen) atoms. The molecule has 0 aliphatic rings. The Morgan fingerprint density at radius 2 is 1.64 bits per heavy atom. The lowest BCUT2D eigenvalue weighted by Gasteiger charge is -2.12. The molecule has 170 valence electrons. The minimum atomic E-state index is -0.437. The number of anilines is 2. The molecule has 0 radical (unpaired) electrons. The first-order chi connectivity index (χ1) is 15.8. The van der Waals surface area contributed by atoms with Crippen molar-refractivity contribution < 1.29 is 4.79 Å². The fourth-order valence-corrected chi connectivity index (χ4v) is 4.39. The molecule has 0 saturated carbocycles. The number of para-hydroxylation sites is 1. The number of aromatic nitrogens is 4. The van der Waals surface area contributed by atoms with Crippen LogP contribution in [0.15, 0.2) is 68.2 Å². The zero-order valence-electron chi connectivity index (χ0n) is 18.7. The highest BCUT2D eigenvalue weighted by Gasteiger charge is 2.19. The van der Waals surface area contributed by atoms with E-state index in [2.05, 4.69) is 22.5 Å². The maximum atomic E-state index is 12.6. The van der Waals surface area contributed by atoms with Crippen LogP contribution in [0.4, 0.5) is 16.2 Å². The maximum absolute atomic E-state index is 12.6. The van der Waals surface area contributed by atoms with E-state index in [0.717, 1.165) is 15.9 Å². The fourth-order valence-electron chi connectivity index (χ4n) is 3.46. The number of benzene rings is 2. The molecule has 0 saturated heterocycles. The Kier molecular flexibility index (Phi) is 6.10. The van der Waals surface area contributed by atoms with Crippen LogP contribution in [0.25, 0.3) is 11.2 Å². The van der Waals surface area contributed by atoms with E-state index in [1.807, 2.05) is 42.5 Å². The van der Waals surface area contributed by atoms with E-state index in [1.54, 1.807) is 24.7 Å². The topological polar surface area (TPSA) is 103 Å². The van der Waals surface area contributed by atoms with Crippen LogP contribution in [0.3, 0.4) is 0 Å². The van der Waals surface area contributed by atoms with Crippen LogP contribution in [0.1, 0.15) is 12.5 Å². The Hall–Kier alpha value is -3.79. The molecule has 4 rings (SSSR count). The molecule has 2 N–H and O–H groups in total. The van der Waals surface area contributed by atoms with E-state index in [1.165, 1.54) is 28.9 Å². The summed E-state index contributed by atoms with van der Waals surface area (Å²) in [6.07, 6.45) is 0.930. The molecule has 0 spiro atoms. The van der Waals surface area contributed by atoms with Gasteiger partial charge in [-0.15, -0.1) is 0 Å². The van der Waals surface area contributed by atoms with Gasteiger partial charge in [0.1, 0.15) is 0 Å². The summed E-state index contributed by atoms with van der Waals surface area (Å²) in [4.78, 5) is 42.7. The second-order valence-corrected chi connectivity index (χ2v) is 8.57. The van der Waals surface area contributed by atoms with Crippen molar-refractivity contribution in [3.8, 4) is 0 Å².